The molecular weight excluding hydrogens is 326 g/mol. The van der Waals surface area contributed by atoms with Crippen LogP contribution in [0.25, 0.3) is 11.0 Å². The average Bonchev–Trinajstić information content (AvgIpc) is 3.13. The molecule has 1 aromatic carbocycles. The van der Waals surface area contributed by atoms with Crippen LogP contribution in [0.5, 0.6) is 0 Å². The molecule has 2 aliphatic rings. The SMILES string of the molecule is Cn1c(N2C[C@@H]3CCOC[C@]3(C(=O)O)C2)nc2cc(C(=O)O)ccc21. The maximum absolute atomic E-state index is 11.9. The minimum absolute atomic E-state index is 0.0214. The lowest BCUT2D eigenvalue weighted by Crippen LogP contribution is -2.46. The Morgan fingerprint density at radius 3 is 2.84 bits per heavy atom. The van der Waals surface area contributed by atoms with Crippen molar-refractivity contribution in [2.75, 3.05) is 31.2 Å². The van der Waals surface area contributed by atoms with Crippen LogP contribution in [0.3, 0.4) is 0 Å². The molecule has 0 radical (unpaired) electrons. The molecule has 2 fully saturated rings. The van der Waals surface area contributed by atoms with Crippen LogP contribution in [0.1, 0.15) is 16.8 Å². The zero-order chi connectivity index (χ0) is 17.8. The monoisotopic (exact) mass is 345 g/mol. The molecule has 0 saturated carbocycles. The summed E-state index contributed by atoms with van der Waals surface area (Å²) in [6.45, 7) is 1.75. The van der Waals surface area contributed by atoms with Gasteiger partial charge in [-0.05, 0) is 30.5 Å². The van der Waals surface area contributed by atoms with Gasteiger partial charge >= 0.3 is 11.9 Å². The first-order valence-electron chi connectivity index (χ1n) is 8.18. The number of imidazole rings is 1. The van der Waals surface area contributed by atoms with E-state index in [-0.39, 0.29) is 18.1 Å². The number of fused-ring (bicyclic) bond motifs is 2. The summed E-state index contributed by atoms with van der Waals surface area (Å²) in [4.78, 5) is 29.6. The number of carboxylic acids is 2. The van der Waals surface area contributed by atoms with Gasteiger partial charge in [-0.1, -0.05) is 0 Å². The molecule has 0 aliphatic carbocycles. The van der Waals surface area contributed by atoms with Gasteiger partial charge in [-0.3, -0.25) is 4.79 Å². The minimum Gasteiger partial charge on any atom is -0.481 e. The van der Waals surface area contributed by atoms with Crippen LogP contribution >= 0.6 is 0 Å². The third-order valence-electron chi connectivity index (χ3n) is 5.48. The van der Waals surface area contributed by atoms with Gasteiger partial charge < -0.3 is 24.4 Å². The van der Waals surface area contributed by atoms with E-state index in [1.807, 2.05) is 16.5 Å². The zero-order valence-corrected chi connectivity index (χ0v) is 13.8. The van der Waals surface area contributed by atoms with Crippen LogP contribution < -0.4 is 4.90 Å². The van der Waals surface area contributed by atoms with E-state index in [9.17, 15) is 14.7 Å². The van der Waals surface area contributed by atoms with Crippen LogP contribution in [0.4, 0.5) is 5.95 Å². The van der Waals surface area contributed by atoms with Crippen LogP contribution in [0.15, 0.2) is 18.2 Å². The highest BCUT2D eigenvalue weighted by molar-refractivity contribution is 5.93. The molecule has 0 unspecified atom stereocenters. The number of hydrogen-bond donors (Lipinski definition) is 2. The molecule has 0 bridgehead atoms. The molecule has 2 atom stereocenters. The highest BCUT2D eigenvalue weighted by Gasteiger charge is 2.54. The number of aromatic carboxylic acids is 1. The molecule has 2 N–H and O–H groups in total. The Hall–Kier alpha value is -2.61. The van der Waals surface area contributed by atoms with Crippen molar-refractivity contribution in [1.82, 2.24) is 9.55 Å². The summed E-state index contributed by atoms with van der Waals surface area (Å²) in [5.74, 6) is -1.14. The molecule has 2 aliphatic heterocycles. The summed E-state index contributed by atoms with van der Waals surface area (Å²) in [6, 6.07) is 4.82. The second-order valence-electron chi connectivity index (χ2n) is 6.86. The number of anilines is 1. The van der Waals surface area contributed by atoms with Gasteiger partial charge in [-0.2, -0.15) is 0 Å². The number of hydrogen-bond acceptors (Lipinski definition) is 5. The van der Waals surface area contributed by atoms with E-state index in [4.69, 9.17) is 9.84 Å². The smallest absolute Gasteiger partial charge is 0.335 e. The number of aliphatic carboxylic acids is 1. The lowest BCUT2D eigenvalue weighted by molar-refractivity contribution is -0.159. The predicted octanol–water partition coefficient (Wildman–Crippen LogP) is 1.20. The molecule has 1 aromatic heterocycles. The van der Waals surface area contributed by atoms with Gasteiger partial charge in [-0.25, -0.2) is 9.78 Å². The fraction of sp³-hybridized carbons (Fsp3) is 0.471. The number of nitrogens with zero attached hydrogens (tertiary/aromatic N) is 3. The third-order valence-corrected chi connectivity index (χ3v) is 5.48. The fourth-order valence-electron chi connectivity index (χ4n) is 4.05. The summed E-state index contributed by atoms with van der Waals surface area (Å²) in [6.07, 6.45) is 0.718. The summed E-state index contributed by atoms with van der Waals surface area (Å²) < 4.78 is 7.35. The summed E-state index contributed by atoms with van der Waals surface area (Å²) in [7, 11) is 1.86. The predicted molar refractivity (Wildman–Crippen MR) is 88.9 cm³/mol. The van der Waals surface area contributed by atoms with E-state index in [0.29, 0.717) is 31.2 Å². The Labute approximate surface area is 143 Å². The van der Waals surface area contributed by atoms with Crippen molar-refractivity contribution >= 4 is 28.9 Å². The van der Waals surface area contributed by atoms with E-state index in [2.05, 4.69) is 4.98 Å². The Kier molecular flexibility index (Phi) is 3.47. The van der Waals surface area contributed by atoms with Crippen LogP contribution in [-0.4, -0.2) is 58.0 Å². The largest absolute Gasteiger partial charge is 0.481 e. The standard InChI is InChI=1S/C17H19N3O5/c1-19-13-3-2-10(14(21)22)6-12(13)18-16(19)20-7-11-4-5-25-9-17(11,8-20)15(23)24/h2-3,6,11H,4-5,7-9H2,1H3,(H,21,22)(H,23,24)/t11-,17+/m0/s1. The summed E-state index contributed by atoms with van der Waals surface area (Å²) in [5.41, 5.74) is 0.689. The molecule has 132 valence electrons. The minimum atomic E-state index is -0.997. The van der Waals surface area contributed by atoms with Crippen LogP contribution in [-0.2, 0) is 16.6 Å². The van der Waals surface area contributed by atoms with Gasteiger partial charge in [0.1, 0.15) is 5.41 Å². The Bertz CT molecular complexity index is 877. The maximum atomic E-state index is 11.9. The molecular formula is C17H19N3O5. The van der Waals surface area contributed by atoms with Crippen molar-refractivity contribution < 1.29 is 24.5 Å². The number of carbonyl (C=O) groups is 2. The lowest BCUT2D eigenvalue weighted by Gasteiger charge is -2.33. The van der Waals surface area contributed by atoms with Crippen LogP contribution in [0.2, 0.25) is 0 Å². The van der Waals surface area contributed by atoms with E-state index >= 15 is 0 Å². The van der Waals surface area contributed by atoms with E-state index in [0.717, 1.165) is 11.9 Å². The average molecular weight is 345 g/mol. The molecule has 3 heterocycles. The highest BCUT2D eigenvalue weighted by Crippen LogP contribution is 2.43. The molecule has 2 saturated heterocycles. The van der Waals surface area contributed by atoms with E-state index in [1.54, 1.807) is 18.2 Å². The summed E-state index contributed by atoms with van der Waals surface area (Å²) >= 11 is 0. The molecule has 0 spiro atoms. The molecule has 2 aromatic rings. The van der Waals surface area contributed by atoms with Crippen LogP contribution in [0, 0.1) is 11.3 Å². The van der Waals surface area contributed by atoms with E-state index in [1.165, 1.54) is 0 Å². The quantitative estimate of drug-likeness (QED) is 0.861. The van der Waals surface area contributed by atoms with Crippen molar-refractivity contribution in [3.05, 3.63) is 23.8 Å². The maximum Gasteiger partial charge on any atom is 0.335 e. The molecule has 4 rings (SSSR count). The number of rotatable bonds is 3. The number of ether oxygens (including phenoxy) is 1. The second-order valence-corrected chi connectivity index (χ2v) is 6.86. The topological polar surface area (TPSA) is 105 Å². The second kappa shape index (κ2) is 5.45. The first-order valence-corrected chi connectivity index (χ1v) is 8.18. The highest BCUT2D eigenvalue weighted by atomic mass is 16.5. The molecule has 8 nitrogen and oxygen atoms in total. The third kappa shape index (κ3) is 2.28. The van der Waals surface area contributed by atoms with Gasteiger partial charge in [0.05, 0.1) is 23.2 Å². The molecule has 0 amide bonds. The zero-order valence-electron chi connectivity index (χ0n) is 13.8. The first-order chi connectivity index (χ1) is 11.9. The van der Waals surface area contributed by atoms with Crippen molar-refractivity contribution in [1.29, 1.82) is 0 Å². The van der Waals surface area contributed by atoms with Gasteiger partial charge in [-0.15, -0.1) is 0 Å². The normalized spacial score (nSPS) is 26.0. The lowest BCUT2D eigenvalue weighted by atomic mass is 9.76. The van der Waals surface area contributed by atoms with Crippen molar-refractivity contribution in [3.63, 3.8) is 0 Å². The van der Waals surface area contributed by atoms with Crippen molar-refractivity contribution in [2.45, 2.75) is 6.42 Å². The number of carboxylic acid groups (broad SMARTS) is 2. The summed E-state index contributed by atoms with van der Waals surface area (Å²) in [5, 5.41) is 18.9. The van der Waals surface area contributed by atoms with Crippen molar-refractivity contribution in [2.24, 2.45) is 18.4 Å². The molecule has 25 heavy (non-hydrogen) atoms. The Morgan fingerprint density at radius 1 is 1.36 bits per heavy atom. The van der Waals surface area contributed by atoms with Gasteiger partial charge in [0.2, 0.25) is 5.95 Å². The number of benzene rings is 1. The van der Waals surface area contributed by atoms with E-state index < -0.39 is 17.4 Å². The molecule has 8 heteroatoms. The number of aromatic nitrogens is 2. The number of aryl methyl sites for hydroxylation is 1. The van der Waals surface area contributed by atoms with Gasteiger partial charge in [0, 0.05) is 26.7 Å². The Balaban J connectivity index is 1.74. The van der Waals surface area contributed by atoms with Gasteiger partial charge in [0.15, 0.2) is 0 Å². The van der Waals surface area contributed by atoms with Gasteiger partial charge in [0.25, 0.3) is 0 Å². The van der Waals surface area contributed by atoms with Crippen molar-refractivity contribution in [3.8, 4) is 0 Å². The Morgan fingerprint density at radius 2 is 2.16 bits per heavy atom. The fourth-order valence-corrected chi connectivity index (χ4v) is 4.05. The first kappa shape index (κ1) is 15.9.